The highest BCUT2D eigenvalue weighted by molar-refractivity contribution is 6.30. The van der Waals surface area contributed by atoms with E-state index in [1.165, 1.54) is 0 Å². The minimum atomic E-state index is -0.667. The van der Waals surface area contributed by atoms with Crippen LogP contribution in [0.1, 0.15) is 13.8 Å². The molecule has 1 aliphatic heterocycles. The van der Waals surface area contributed by atoms with Crippen LogP contribution in [-0.2, 0) is 0 Å². The maximum absolute atomic E-state index is 10.1. The molecule has 5 rings (SSSR count). The molecule has 1 saturated heterocycles. The summed E-state index contributed by atoms with van der Waals surface area (Å²) in [6, 6.07) is 20.1. The number of nitrogens with zero attached hydrogens (tertiary/aromatic N) is 5. The summed E-state index contributed by atoms with van der Waals surface area (Å²) < 4.78 is 1.88. The summed E-state index contributed by atoms with van der Waals surface area (Å²) in [5.74, 6) is 0.527. The standard InChI is InChI=1S/C26H29ClN6O/c1-26(2,34)18-31-11-13-32(14-12-31)22-8-4-7-21(16-22)29-25-28-17-23-9-10-24(33(23)30-25)19-5-3-6-20(27)15-19/h3-10,15-17,34H,11-14,18H2,1-2H3,(H,29,30). The van der Waals surface area contributed by atoms with Crippen LogP contribution in [0, 0.1) is 0 Å². The molecule has 2 aromatic heterocycles. The van der Waals surface area contributed by atoms with Gasteiger partial charge in [0.15, 0.2) is 0 Å². The van der Waals surface area contributed by atoms with Crippen LogP contribution in [0.25, 0.3) is 16.8 Å². The van der Waals surface area contributed by atoms with E-state index in [2.05, 4.69) is 32.2 Å². The van der Waals surface area contributed by atoms with Crippen molar-refractivity contribution in [1.82, 2.24) is 19.5 Å². The molecule has 0 atom stereocenters. The maximum atomic E-state index is 10.1. The summed E-state index contributed by atoms with van der Waals surface area (Å²) in [6.45, 7) is 8.13. The van der Waals surface area contributed by atoms with Crippen LogP contribution >= 0.6 is 11.6 Å². The molecule has 0 saturated carbocycles. The molecule has 3 heterocycles. The highest BCUT2D eigenvalue weighted by Crippen LogP contribution is 2.26. The smallest absolute Gasteiger partial charge is 0.245 e. The van der Waals surface area contributed by atoms with Crippen molar-refractivity contribution in [2.24, 2.45) is 0 Å². The Balaban J connectivity index is 1.32. The molecule has 2 N–H and O–H groups in total. The molecule has 2 aromatic carbocycles. The Morgan fingerprint density at radius 1 is 1.00 bits per heavy atom. The van der Waals surface area contributed by atoms with Crippen molar-refractivity contribution < 1.29 is 5.11 Å². The van der Waals surface area contributed by atoms with E-state index in [1.54, 1.807) is 0 Å². The van der Waals surface area contributed by atoms with Crippen molar-refractivity contribution in [2.75, 3.05) is 42.9 Å². The number of fused-ring (bicyclic) bond motifs is 1. The minimum Gasteiger partial charge on any atom is -0.389 e. The van der Waals surface area contributed by atoms with Gasteiger partial charge in [0.25, 0.3) is 0 Å². The monoisotopic (exact) mass is 476 g/mol. The highest BCUT2D eigenvalue weighted by atomic mass is 35.5. The normalized spacial score (nSPS) is 15.1. The third-order valence-electron chi connectivity index (χ3n) is 5.97. The Hall–Kier alpha value is -3.13. The lowest BCUT2D eigenvalue weighted by Gasteiger charge is -2.38. The molecule has 0 spiro atoms. The number of aromatic nitrogens is 3. The number of hydrogen-bond acceptors (Lipinski definition) is 6. The van der Waals surface area contributed by atoms with Gasteiger partial charge >= 0.3 is 0 Å². The molecule has 0 radical (unpaired) electrons. The van der Waals surface area contributed by atoms with E-state index in [0.717, 1.165) is 54.3 Å². The third kappa shape index (κ3) is 5.17. The van der Waals surface area contributed by atoms with E-state index in [0.29, 0.717) is 17.5 Å². The summed E-state index contributed by atoms with van der Waals surface area (Å²) in [5, 5.41) is 18.9. The lowest BCUT2D eigenvalue weighted by molar-refractivity contribution is 0.0345. The number of rotatable bonds is 6. The van der Waals surface area contributed by atoms with E-state index >= 15 is 0 Å². The first-order valence-corrected chi connectivity index (χ1v) is 11.9. The van der Waals surface area contributed by atoms with Crippen LogP contribution in [0.5, 0.6) is 0 Å². The number of benzene rings is 2. The third-order valence-corrected chi connectivity index (χ3v) is 6.20. The molecule has 4 aromatic rings. The van der Waals surface area contributed by atoms with Gasteiger partial charge in [-0.25, -0.2) is 9.50 Å². The number of piperazine rings is 1. The number of β-amino-alcohol motifs (C(OH)–C–C–N with tert-alkyl or cyclic N) is 1. The summed E-state index contributed by atoms with van der Waals surface area (Å²) in [6.07, 6.45) is 1.81. The zero-order chi connectivity index (χ0) is 23.7. The molecule has 34 heavy (non-hydrogen) atoms. The average Bonchev–Trinajstić information content (AvgIpc) is 3.22. The fourth-order valence-electron chi connectivity index (χ4n) is 4.45. The van der Waals surface area contributed by atoms with E-state index < -0.39 is 5.60 Å². The van der Waals surface area contributed by atoms with Crippen molar-refractivity contribution >= 4 is 34.4 Å². The van der Waals surface area contributed by atoms with Crippen LogP contribution in [0.2, 0.25) is 5.02 Å². The molecule has 176 valence electrons. The fourth-order valence-corrected chi connectivity index (χ4v) is 4.64. The number of aliphatic hydroxyl groups is 1. The molecule has 7 nitrogen and oxygen atoms in total. The SMILES string of the molecule is CC(C)(O)CN1CCN(c2cccc(Nc3ncc4ccc(-c5cccc(Cl)c5)n4n3)c2)CC1. The van der Waals surface area contributed by atoms with Gasteiger partial charge < -0.3 is 15.3 Å². The van der Waals surface area contributed by atoms with Gasteiger partial charge in [-0.15, -0.1) is 5.10 Å². The zero-order valence-corrected chi connectivity index (χ0v) is 20.2. The molecule has 0 aliphatic carbocycles. The predicted octanol–water partition coefficient (Wildman–Crippen LogP) is 4.69. The Kier molecular flexibility index (Phi) is 6.16. The highest BCUT2D eigenvalue weighted by Gasteiger charge is 2.23. The van der Waals surface area contributed by atoms with E-state index in [1.807, 2.05) is 73.1 Å². The summed E-state index contributed by atoms with van der Waals surface area (Å²) in [7, 11) is 0. The van der Waals surface area contributed by atoms with Gasteiger partial charge in [0.05, 0.1) is 23.0 Å². The first-order chi connectivity index (χ1) is 16.3. The van der Waals surface area contributed by atoms with Gasteiger partial charge in [0, 0.05) is 54.7 Å². The van der Waals surface area contributed by atoms with Gasteiger partial charge in [0.2, 0.25) is 5.95 Å². The second kappa shape index (κ2) is 9.25. The van der Waals surface area contributed by atoms with Gasteiger partial charge in [-0.3, -0.25) is 4.90 Å². The lowest BCUT2D eigenvalue weighted by atomic mass is 10.1. The van der Waals surface area contributed by atoms with Crippen molar-refractivity contribution in [3.63, 3.8) is 0 Å². The second-order valence-corrected chi connectivity index (χ2v) is 9.83. The van der Waals surface area contributed by atoms with Crippen molar-refractivity contribution in [3.8, 4) is 11.3 Å². The van der Waals surface area contributed by atoms with Crippen LogP contribution < -0.4 is 10.2 Å². The second-order valence-electron chi connectivity index (χ2n) is 9.40. The quantitative estimate of drug-likeness (QED) is 0.421. The van der Waals surface area contributed by atoms with Gasteiger partial charge in [0.1, 0.15) is 0 Å². The molecule has 1 fully saturated rings. The van der Waals surface area contributed by atoms with Crippen molar-refractivity contribution in [2.45, 2.75) is 19.4 Å². The summed E-state index contributed by atoms with van der Waals surface area (Å²) >= 11 is 6.19. The summed E-state index contributed by atoms with van der Waals surface area (Å²) in [4.78, 5) is 9.19. The van der Waals surface area contributed by atoms with E-state index in [4.69, 9.17) is 16.7 Å². The number of anilines is 3. The Labute approximate surface area is 204 Å². The van der Waals surface area contributed by atoms with Gasteiger partial charge in [-0.1, -0.05) is 29.8 Å². The largest absolute Gasteiger partial charge is 0.389 e. The topological polar surface area (TPSA) is 68.9 Å². The molecule has 1 aliphatic rings. The van der Waals surface area contributed by atoms with Gasteiger partial charge in [-0.2, -0.15) is 0 Å². The van der Waals surface area contributed by atoms with E-state index in [-0.39, 0.29) is 0 Å². The zero-order valence-electron chi connectivity index (χ0n) is 19.4. The number of hydrogen-bond donors (Lipinski definition) is 2. The predicted molar refractivity (Wildman–Crippen MR) is 138 cm³/mol. The maximum Gasteiger partial charge on any atom is 0.245 e. The average molecular weight is 477 g/mol. The number of nitrogens with one attached hydrogen (secondary N) is 1. The molecular weight excluding hydrogens is 448 g/mol. The Morgan fingerprint density at radius 2 is 1.79 bits per heavy atom. The van der Waals surface area contributed by atoms with Crippen LogP contribution in [-0.4, -0.2) is 62.9 Å². The first-order valence-electron chi connectivity index (χ1n) is 11.5. The number of halogens is 1. The van der Waals surface area contributed by atoms with E-state index in [9.17, 15) is 5.11 Å². The molecule has 0 amide bonds. The molecular formula is C26H29ClN6O. The Bertz CT molecular complexity index is 1290. The van der Waals surface area contributed by atoms with Crippen molar-refractivity contribution in [3.05, 3.63) is 71.9 Å². The lowest BCUT2D eigenvalue weighted by Crippen LogP contribution is -2.50. The fraction of sp³-hybridized carbons (Fsp3) is 0.308. The Morgan fingerprint density at radius 3 is 2.56 bits per heavy atom. The first kappa shape index (κ1) is 22.7. The van der Waals surface area contributed by atoms with Gasteiger partial charge in [-0.05, 0) is 56.3 Å². The van der Waals surface area contributed by atoms with Crippen LogP contribution in [0.15, 0.2) is 66.9 Å². The van der Waals surface area contributed by atoms with Crippen LogP contribution in [0.3, 0.4) is 0 Å². The molecule has 8 heteroatoms. The van der Waals surface area contributed by atoms with Crippen LogP contribution in [0.4, 0.5) is 17.3 Å². The minimum absolute atomic E-state index is 0.527. The molecule has 0 bridgehead atoms. The summed E-state index contributed by atoms with van der Waals surface area (Å²) in [5.41, 5.74) is 4.31. The van der Waals surface area contributed by atoms with Crippen molar-refractivity contribution in [1.29, 1.82) is 0 Å². The molecule has 0 unspecified atom stereocenters.